The summed E-state index contributed by atoms with van der Waals surface area (Å²) in [4.78, 5) is 4.76. The van der Waals surface area contributed by atoms with Crippen LogP contribution in [0, 0.1) is 19.8 Å². The van der Waals surface area contributed by atoms with Crippen LogP contribution in [0.3, 0.4) is 0 Å². The molecule has 0 radical (unpaired) electrons. The molecule has 2 atom stereocenters. The molecule has 5 heteroatoms. The maximum absolute atomic E-state index is 6.73. The number of unbranched alkanes of at least 4 members (excludes halogenated alkanes) is 2. The number of hydrogen-bond acceptors (Lipinski definition) is 3. The molecule has 49 heavy (non-hydrogen) atoms. The Labute approximate surface area is 291 Å². The van der Waals surface area contributed by atoms with Gasteiger partial charge in [0.25, 0.3) is 0 Å². The van der Waals surface area contributed by atoms with Gasteiger partial charge in [-0.15, -0.1) is 0 Å². The third-order valence-corrected chi connectivity index (χ3v) is 10.4. The van der Waals surface area contributed by atoms with Crippen molar-refractivity contribution >= 4 is 21.8 Å². The number of nitrogens with zero attached hydrogens (tertiary/aromatic N) is 4. The summed E-state index contributed by atoms with van der Waals surface area (Å²) in [7, 11) is 0. The van der Waals surface area contributed by atoms with Crippen LogP contribution < -0.4 is 4.74 Å². The van der Waals surface area contributed by atoms with E-state index in [1.165, 1.54) is 51.7 Å². The first-order valence-corrected chi connectivity index (χ1v) is 18.4. The summed E-state index contributed by atoms with van der Waals surface area (Å²) in [6, 6.07) is 25.7. The van der Waals surface area contributed by atoms with Crippen LogP contribution in [-0.2, 0) is 12.8 Å². The smallest absolute Gasteiger partial charge is 0.137 e. The molecule has 0 amide bonds. The molecule has 6 aromatic rings. The molecule has 5 nitrogen and oxygen atoms in total. The van der Waals surface area contributed by atoms with E-state index < -0.39 is 0 Å². The van der Waals surface area contributed by atoms with Gasteiger partial charge in [0.15, 0.2) is 0 Å². The first-order valence-electron chi connectivity index (χ1n) is 18.4. The molecule has 1 aliphatic carbocycles. The van der Waals surface area contributed by atoms with E-state index in [1.807, 2.05) is 12.3 Å². The SMILES string of the molecule is CCCCc1nn(-c2cc(C)cc(Oc3ccc4c5ccccc5n(-c5cc(C)ccn5)c4c3)c2)c(CCCC)c1[C@@H]1C(C)=CCC[C@@H]1C. The number of pyridine rings is 1. The molecular formula is C44H50N4O. The fourth-order valence-electron chi connectivity index (χ4n) is 7.98. The lowest BCUT2D eigenvalue weighted by molar-refractivity contribution is 0.445. The minimum Gasteiger partial charge on any atom is -0.457 e. The fraction of sp³-hybridized carbons (Fsp3) is 0.364. The molecule has 0 saturated heterocycles. The second kappa shape index (κ2) is 14.1. The van der Waals surface area contributed by atoms with E-state index in [4.69, 9.17) is 14.8 Å². The summed E-state index contributed by atoms with van der Waals surface area (Å²) in [5, 5.41) is 7.83. The summed E-state index contributed by atoms with van der Waals surface area (Å²) in [5.74, 6) is 3.57. The van der Waals surface area contributed by atoms with Crippen molar-refractivity contribution in [1.29, 1.82) is 0 Å². The highest BCUT2D eigenvalue weighted by Gasteiger charge is 2.31. The van der Waals surface area contributed by atoms with Gasteiger partial charge >= 0.3 is 0 Å². The van der Waals surface area contributed by atoms with Crippen molar-refractivity contribution in [3.8, 4) is 23.0 Å². The van der Waals surface area contributed by atoms with E-state index in [1.54, 1.807) is 0 Å². The third kappa shape index (κ3) is 6.44. The molecule has 7 rings (SSSR count). The fourth-order valence-corrected chi connectivity index (χ4v) is 7.98. The van der Waals surface area contributed by atoms with E-state index in [0.717, 1.165) is 78.1 Å². The maximum atomic E-state index is 6.73. The quantitative estimate of drug-likeness (QED) is 0.131. The molecule has 0 N–H and O–H groups in total. The predicted octanol–water partition coefficient (Wildman–Crippen LogP) is 11.9. The lowest BCUT2D eigenvalue weighted by Crippen LogP contribution is -2.18. The molecule has 0 aliphatic heterocycles. The van der Waals surface area contributed by atoms with Crippen LogP contribution in [0.1, 0.15) is 100 Å². The van der Waals surface area contributed by atoms with Gasteiger partial charge in [-0.1, -0.05) is 63.5 Å². The van der Waals surface area contributed by atoms with E-state index in [9.17, 15) is 0 Å². The highest BCUT2D eigenvalue weighted by molar-refractivity contribution is 6.09. The molecule has 3 aromatic heterocycles. The minimum absolute atomic E-state index is 0.433. The van der Waals surface area contributed by atoms with Gasteiger partial charge in [0.1, 0.15) is 17.3 Å². The number of para-hydroxylation sites is 1. The summed E-state index contributed by atoms with van der Waals surface area (Å²) in [5.41, 5.74) is 11.3. The lowest BCUT2D eigenvalue weighted by atomic mass is 9.74. The van der Waals surface area contributed by atoms with E-state index >= 15 is 0 Å². The van der Waals surface area contributed by atoms with Crippen molar-refractivity contribution in [2.24, 2.45) is 5.92 Å². The van der Waals surface area contributed by atoms with Crippen molar-refractivity contribution in [2.45, 2.75) is 98.8 Å². The minimum atomic E-state index is 0.433. The van der Waals surface area contributed by atoms with Crippen molar-refractivity contribution in [2.75, 3.05) is 0 Å². The largest absolute Gasteiger partial charge is 0.457 e. The number of aryl methyl sites for hydroxylation is 3. The number of benzene rings is 3. The Bertz CT molecular complexity index is 2150. The van der Waals surface area contributed by atoms with Crippen LogP contribution in [0.5, 0.6) is 11.5 Å². The summed E-state index contributed by atoms with van der Waals surface area (Å²) in [6.45, 7) is 13.6. The third-order valence-electron chi connectivity index (χ3n) is 10.4. The number of ether oxygens (including phenoxy) is 1. The number of hydrogen-bond donors (Lipinski definition) is 0. The number of allylic oxidation sites excluding steroid dienone is 2. The average Bonchev–Trinajstić information content (AvgIpc) is 3.61. The molecule has 1 aliphatic rings. The van der Waals surface area contributed by atoms with Gasteiger partial charge < -0.3 is 4.74 Å². The van der Waals surface area contributed by atoms with Crippen LogP contribution in [-0.4, -0.2) is 19.3 Å². The van der Waals surface area contributed by atoms with Gasteiger partial charge in [-0.3, -0.25) is 4.57 Å². The zero-order valence-corrected chi connectivity index (χ0v) is 30.1. The molecule has 0 saturated carbocycles. The topological polar surface area (TPSA) is 44.9 Å². The van der Waals surface area contributed by atoms with Gasteiger partial charge in [-0.25, -0.2) is 9.67 Å². The second-order valence-corrected chi connectivity index (χ2v) is 14.2. The van der Waals surface area contributed by atoms with E-state index in [-0.39, 0.29) is 0 Å². The second-order valence-electron chi connectivity index (χ2n) is 14.2. The summed E-state index contributed by atoms with van der Waals surface area (Å²) < 4.78 is 11.3. The van der Waals surface area contributed by atoms with E-state index in [2.05, 4.69) is 124 Å². The van der Waals surface area contributed by atoms with Crippen LogP contribution in [0.4, 0.5) is 0 Å². The van der Waals surface area contributed by atoms with Gasteiger partial charge in [0.2, 0.25) is 0 Å². The average molecular weight is 651 g/mol. The van der Waals surface area contributed by atoms with Crippen molar-refractivity contribution in [3.63, 3.8) is 0 Å². The number of aromatic nitrogens is 4. The van der Waals surface area contributed by atoms with Gasteiger partial charge in [-0.05, 0) is 119 Å². The lowest BCUT2D eigenvalue weighted by Gasteiger charge is -2.30. The monoisotopic (exact) mass is 650 g/mol. The van der Waals surface area contributed by atoms with Crippen molar-refractivity contribution in [3.05, 3.63) is 119 Å². The first kappa shape index (κ1) is 32.9. The Morgan fingerprint density at radius 2 is 1.59 bits per heavy atom. The normalized spacial score (nSPS) is 16.4. The Morgan fingerprint density at radius 1 is 0.796 bits per heavy atom. The van der Waals surface area contributed by atoms with Crippen LogP contribution >= 0.6 is 0 Å². The molecule has 3 aromatic carbocycles. The Morgan fingerprint density at radius 3 is 2.39 bits per heavy atom. The van der Waals surface area contributed by atoms with Crippen molar-refractivity contribution in [1.82, 2.24) is 19.3 Å². The van der Waals surface area contributed by atoms with Gasteiger partial charge in [0.05, 0.1) is 22.4 Å². The van der Waals surface area contributed by atoms with E-state index in [0.29, 0.717) is 11.8 Å². The van der Waals surface area contributed by atoms with Gasteiger partial charge in [-0.2, -0.15) is 5.10 Å². The highest BCUT2D eigenvalue weighted by atomic mass is 16.5. The predicted molar refractivity (Wildman–Crippen MR) is 204 cm³/mol. The van der Waals surface area contributed by atoms with Crippen molar-refractivity contribution < 1.29 is 4.74 Å². The Kier molecular flexibility index (Phi) is 9.44. The molecule has 0 unspecified atom stereocenters. The summed E-state index contributed by atoms with van der Waals surface area (Å²) in [6.07, 6.45) is 13.4. The number of rotatable bonds is 11. The molecule has 3 heterocycles. The highest BCUT2D eigenvalue weighted by Crippen LogP contribution is 2.43. The maximum Gasteiger partial charge on any atom is 0.137 e. The Balaban J connectivity index is 1.32. The standard InChI is InChI=1S/C44H50N4O/c1-7-9-17-38-44(43-31(5)14-13-15-32(43)6)40(18-10-8-2)48(46-38)33-24-30(4)25-35(27-33)49-34-20-21-37-36-16-11-12-19-39(36)47(41(37)28-34)42-26-29(3)22-23-45-42/h11-12,14,16,19-28,32,43H,7-10,13,15,17-18H2,1-6H3/t32-,43+/m0/s1. The summed E-state index contributed by atoms with van der Waals surface area (Å²) >= 11 is 0. The first-order chi connectivity index (χ1) is 23.9. The van der Waals surface area contributed by atoms with Crippen LogP contribution in [0.15, 0.2) is 90.6 Å². The molecule has 252 valence electrons. The van der Waals surface area contributed by atoms with Crippen LogP contribution in [0.2, 0.25) is 0 Å². The van der Waals surface area contributed by atoms with Gasteiger partial charge in [0, 0.05) is 46.3 Å². The molecular weight excluding hydrogens is 601 g/mol. The molecule has 0 fully saturated rings. The Hall–Kier alpha value is -4.64. The van der Waals surface area contributed by atoms with Crippen LogP contribution in [0.25, 0.3) is 33.3 Å². The number of fused-ring (bicyclic) bond motifs is 3. The molecule has 0 bridgehead atoms. The zero-order chi connectivity index (χ0) is 34.1. The molecule has 0 spiro atoms. The zero-order valence-electron chi connectivity index (χ0n) is 30.1.